The third kappa shape index (κ3) is 1.27. The van der Waals surface area contributed by atoms with E-state index in [2.05, 4.69) is 16.1 Å². The zero-order chi connectivity index (χ0) is 9.54. The van der Waals surface area contributed by atoms with Crippen molar-refractivity contribution in [2.45, 2.75) is 32.2 Å². The van der Waals surface area contributed by atoms with Gasteiger partial charge < -0.3 is 4.52 Å². The Bertz CT molecular complexity index is 326. The Labute approximate surface area is 84.1 Å². The van der Waals surface area contributed by atoms with Crippen LogP contribution in [-0.2, 0) is 0 Å². The van der Waals surface area contributed by atoms with Crippen molar-refractivity contribution in [3.8, 4) is 0 Å². The van der Waals surface area contributed by atoms with Gasteiger partial charge in [-0.05, 0) is 45.2 Å². The standard InChI is InChI=1S/C11H16N2O/c1-8-6-11(14-12-8)10-7-9-2-4-13(10)5-3-9/h6,9-10H,2-5,7H2,1H3/t10-/m0/s1. The van der Waals surface area contributed by atoms with Crippen LogP contribution in [0.25, 0.3) is 0 Å². The van der Waals surface area contributed by atoms with Gasteiger partial charge in [-0.15, -0.1) is 0 Å². The molecule has 0 amide bonds. The molecule has 3 saturated heterocycles. The Kier molecular flexibility index (Phi) is 1.87. The van der Waals surface area contributed by atoms with Crippen molar-refractivity contribution in [3.05, 3.63) is 17.5 Å². The third-order valence-electron chi connectivity index (χ3n) is 3.62. The maximum Gasteiger partial charge on any atom is 0.154 e. The van der Waals surface area contributed by atoms with Crippen LogP contribution in [0.4, 0.5) is 0 Å². The summed E-state index contributed by atoms with van der Waals surface area (Å²) in [4.78, 5) is 2.54. The van der Waals surface area contributed by atoms with E-state index in [1.165, 1.54) is 32.4 Å². The van der Waals surface area contributed by atoms with Crippen LogP contribution in [0.1, 0.15) is 36.8 Å². The van der Waals surface area contributed by atoms with Gasteiger partial charge in [0.25, 0.3) is 0 Å². The number of piperidine rings is 3. The molecule has 3 fully saturated rings. The second kappa shape index (κ2) is 3.09. The fraction of sp³-hybridized carbons (Fsp3) is 0.727. The monoisotopic (exact) mass is 192 g/mol. The molecule has 0 saturated carbocycles. The van der Waals surface area contributed by atoms with Gasteiger partial charge in [-0.1, -0.05) is 5.16 Å². The summed E-state index contributed by atoms with van der Waals surface area (Å²) >= 11 is 0. The minimum Gasteiger partial charge on any atom is -0.359 e. The number of aromatic nitrogens is 1. The fourth-order valence-electron chi connectivity index (χ4n) is 2.80. The van der Waals surface area contributed by atoms with E-state index in [-0.39, 0.29) is 0 Å². The topological polar surface area (TPSA) is 29.3 Å². The van der Waals surface area contributed by atoms with Crippen molar-refractivity contribution in [2.75, 3.05) is 13.1 Å². The highest BCUT2D eigenvalue weighted by molar-refractivity contribution is 5.10. The first-order valence-electron chi connectivity index (χ1n) is 5.50. The van der Waals surface area contributed by atoms with Gasteiger partial charge in [0.05, 0.1) is 11.7 Å². The summed E-state index contributed by atoms with van der Waals surface area (Å²) in [7, 11) is 0. The molecule has 3 nitrogen and oxygen atoms in total. The van der Waals surface area contributed by atoms with Crippen LogP contribution in [-0.4, -0.2) is 23.1 Å². The van der Waals surface area contributed by atoms with Crippen LogP contribution in [0.2, 0.25) is 0 Å². The maximum atomic E-state index is 5.36. The number of hydrogen-bond acceptors (Lipinski definition) is 3. The van der Waals surface area contributed by atoms with Gasteiger partial charge in [0.1, 0.15) is 0 Å². The highest BCUT2D eigenvalue weighted by Gasteiger charge is 2.36. The van der Waals surface area contributed by atoms with Crippen molar-refractivity contribution in [2.24, 2.45) is 5.92 Å². The summed E-state index contributed by atoms with van der Waals surface area (Å²) in [6.07, 6.45) is 4.03. The normalized spacial score (nSPS) is 36.2. The molecule has 2 bridgehead atoms. The Hall–Kier alpha value is -0.830. The van der Waals surface area contributed by atoms with Crippen LogP contribution >= 0.6 is 0 Å². The lowest BCUT2D eigenvalue weighted by molar-refractivity contribution is 0.0345. The molecule has 3 heteroatoms. The van der Waals surface area contributed by atoms with Crippen molar-refractivity contribution in [1.29, 1.82) is 0 Å². The fourth-order valence-corrected chi connectivity index (χ4v) is 2.80. The molecule has 0 aromatic carbocycles. The molecule has 0 aliphatic carbocycles. The van der Waals surface area contributed by atoms with E-state index < -0.39 is 0 Å². The molecule has 3 aliphatic rings. The summed E-state index contributed by atoms with van der Waals surface area (Å²) in [5, 5.41) is 3.97. The molecule has 76 valence electrons. The van der Waals surface area contributed by atoms with Crippen molar-refractivity contribution in [3.63, 3.8) is 0 Å². The SMILES string of the molecule is Cc1cc([C@@H]2CC3CCN2CC3)on1. The third-order valence-corrected chi connectivity index (χ3v) is 3.62. The molecule has 1 aromatic heterocycles. The van der Waals surface area contributed by atoms with E-state index in [1.807, 2.05) is 6.92 Å². The van der Waals surface area contributed by atoms with Gasteiger partial charge in [-0.3, -0.25) is 4.90 Å². The minimum absolute atomic E-state index is 0.517. The lowest BCUT2D eigenvalue weighted by Crippen LogP contribution is -2.43. The summed E-state index contributed by atoms with van der Waals surface area (Å²) in [6, 6.07) is 2.61. The van der Waals surface area contributed by atoms with Gasteiger partial charge >= 0.3 is 0 Å². The molecule has 0 spiro atoms. The molecular weight excluding hydrogens is 176 g/mol. The minimum atomic E-state index is 0.517. The van der Waals surface area contributed by atoms with Crippen LogP contribution in [0.15, 0.2) is 10.6 Å². The highest BCUT2D eigenvalue weighted by atomic mass is 16.5. The number of aryl methyl sites for hydroxylation is 1. The quantitative estimate of drug-likeness (QED) is 0.682. The summed E-state index contributed by atoms with van der Waals surface area (Å²) in [5.41, 5.74) is 1.00. The number of rotatable bonds is 1. The first-order chi connectivity index (χ1) is 6.83. The van der Waals surface area contributed by atoms with Gasteiger partial charge in [0.15, 0.2) is 5.76 Å². The number of fused-ring (bicyclic) bond motifs is 3. The van der Waals surface area contributed by atoms with Crippen molar-refractivity contribution in [1.82, 2.24) is 10.1 Å². The van der Waals surface area contributed by atoms with E-state index in [4.69, 9.17) is 4.52 Å². The molecule has 0 N–H and O–H groups in total. The smallest absolute Gasteiger partial charge is 0.154 e. The molecule has 1 atom stereocenters. The van der Waals surface area contributed by atoms with Gasteiger partial charge in [-0.25, -0.2) is 0 Å². The second-order valence-electron chi connectivity index (χ2n) is 4.60. The zero-order valence-electron chi connectivity index (χ0n) is 8.57. The molecule has 14 heavy (non-hydrogen) atoms. The lowest BCUT2D eigenvalue weighted by Gasteiger charge is -2.44. The Morgan fingerprint density at radius 1 is 1.43 bits per heavy atom. The number of nitrogens with zero attached hydrogens (tertiary/aromatic N) is 2. The molecule has 4 rings (SSSR count). The van der Waals surface area contributed by atoms with E-state index in [9.17, 15) is 0 Å². The van der Waals surface area contributed by atoms with E-state index in [0.29, 0.717) is 6.04 Å². The Morgan fingerprint density at radius 3 is 2.71 bits per heavy atom. The lowest BCUT2D eigenvalue weighted by atomic mass is 9.82. The molecule has 3 aliphatic heterocycles. The molecular formula is C11H16N2O. The first kappa shape index (κ1) is 8.48. The van der Waals surface area contributed by atoms with E-state index in [1.54, 1.807) is 0 Å². The van der Waals surface area contributed by atoms with Gasteiger partial charge in [-0.2, -0.15) is 0 Å². The maximum absolute atomic E-state index is 5.36. The Balaban J connectivity index is 1.85. The molecule has 0 radical (unpaired) electrons. The van der Waals surface area contributed by atoms with Crippen molar-refractivity contribution < 1.29 is 4.52 Å². The van der Waals surface area contributed by atoms with E-state index >= 15 is 0 Å². The summed E-state index contributed by atoms with van der Waals surface area (Å²) in [5.74, 6) is 2.00. The van der Waals surface area contributed by atoms with Crippen LogP contribution in [0.5, 0.6) is 0 Å². The molecule has 1 aromatic rings. The molecule has 0 unspecified atom stereocenters. The average molecular weight is 192 g/mol. The summed E-state index contributed by atoms with van der Waals surface area (Å²) in [6.45, 7) is 4.48. The Morgan fingerprint density at radius 2 is 2.21 bits per heavy atom. The zero-order valence-corrected chi connectivity index (χ0v) is 8.57. The predicted octanol–water partition coefficient (Wildman–Crippen LogP) is 2.14. The first-order valence-corrected chi connectivity index (χ1v) is 5.50. The van der Waals surface area contributed by atoms with Gasteiger partial charge in [0, 0.05) is 6.07 Å². The van der Waals surface area contributed by atoms with Crippen LogP contribution in [0, 0.1) is 12.8 Å². The second-order valence-corrected chi connectivity index (χ2v) is 4.60. The van der Waals surface area contributed by atoms with Gasteiger partial charge in [0.2, 0.25) is 0 Å². The largest absolute Gasteiger partial charge is 0.359 e. The predicted molar refractivity (Wildman–Crippen MR) is 52.9 cm³/mol. The van der Waals surface area contributed by atoms with Crippen LogP contribution in [0.3, 0.4) is 0 Å². The average Bonchev–Trinajstić information content (AvgIpc) is 2.66. The number of hydrogen-bond donors (Lipinski definition) is 0. The summed E-state index contributed by atoms with van der Waals surface area (Å²) < 4.78 is 5.36. The van der Waals surface area contributed by atoms with Crippen LogP contribution < -0.4 is 0 Å². The van der Waals surface area contributed by atoms with Crippen molar-refractivity contribution >= 4 is 0 Å². The molecule has 4 heterocycles. The van der Waals surface area contributed by atoms with E-state index in [0.717, 1.165) is 17.4 Å². The highest BCUT2D eigenvalue weighted by Crippen LogP contribution is 2.40.